The van der Waals surface area contributed by atoms with Gasteiger partial charge in [0.2, 0.25) is 5.91 Å². The summed E-state index contributed by atoms with van der Waals surface area (Å²) in [5.41, 5.74) is 1.16. The van der Waals surface area contributed by atoms with E-state index in [9.17, 15) is 19.8 Å². The zero-order chi connectivity index (χ0) is 21.8. The maximum absolute atomic E-state index is 12.9. The van der Waals surface area contributed by atoms with Crippen molar-refractivity contribution in [1.82, 2.24) is 4.90 Å². The van der Waals surface area contributed by atoms with Crippen molar-refractivity contribution in [2.75, 3.05) is 11.9 Å². The molecular formula is C21H20N2O5S2. The second-order valence-corrected chi connectivity index (χ2v) is 8.10. The normalized spacial score (nSPS) is 16.1. The number of ether oxygens (including phenoxy) is 1. The number of nitrogens with one attached hydrogen (secondary N) is 1. The van der Waals surface area contributed by atoms with Gasteiger partial charge in [-0.1, -0.05) is 30.0 Å². The highest BCUT2D eigenvalue weighted by atomic mass is 32.2. The fourth-order valence-electron chi connectivity index (χ4n) is 2.77. The van der Waals surface area contributed by atoms with E-state index >= 15 is 0 Å². The predicted molar refractivity (Wildman–Crippen MR) is 120 cm³/mol. The quantitative estimate of drug-likeness (QED) is 0.355. The van der Waals surface area contributed by atoms with E-state index in [2.05, 4.69) is 5.32 Å². The summed E-state index contributed by atoms with van der Waals surface area (Å²) in [6.07, 6.45) is 1.64. The summed E-state index contributed by atoms with van der Waals surface area (Å²) in [5.74, 6) is -0.347. The van der Waals surface area contributed by atoms with Crippen molar-refractivity contribution < 1.29 is 24.5 Å². The lowest BCUT2D eigenvalue weighted by molar-refractivity contribution is -0.129. The lowest BCUT2D eigenvalue weighted by atomic mass is 10.1. The van der Waals surface area contributed by atoms with Crippen LogP contribution in [0, 0.1) is 0 Å². The number of thioether (sulfide) groups is 1. The smallest absolute Gasteiger partial charge is 0.266 e. The molecule has 2 amide bonds. The number of phenols is 2. The number of phenolic OH excluding ortho intramolecular Hbond substituents is 2. The minimum Gasteiger partial charge on any atom is -0.508 e. The molecule has 0 aliphatic carbocycles. The number of benzene rings is 2. The van der Waals surface area contributed by atoms with Crippen LogP contribution in [0.5, 0.6) is 17.2 Å². The van der Waals surface area contributed by atoms with Crippen molar-refractivity contribution in [3.05, 3.63) is 52.9 Å². The van der Waals surface area contributed by atoms with Crippen LogP contribution in [0.3, 0.4) is 0 Å². The van der Waals surface area contributed by atoms with E-state index in [1.54, 1.807) is 37.3 Å². The maximum atomic E-state index is 12.9. The van der Waals surface area contributed by atoms with Gasteiger partial charge in [-0.2, -0.15) is 0 Å². The van der Waals surface area contributed by atoms with Crippen LogP contribution >= 0.6 is 24.0 Å². The topological polar surface area (TPSA) is 99.1 Å². The van der Waals surface area contributed by atoms with Crippen molar-refractivity contribution in [2.24, 2.45) is 0 Å². The molecule has 1 unspecified atom stereocenters. The average Bonchev–Trinajstić information content (AvgIpc) is 2.99. The van der Waals surface area contributed by atoms with Gasteiger partial charge < -0.3 is 20.3 Å². The predicted octanol–water partition coefficient (Wildman–Crippen LogP) is 3.72. The van der Waals surface area contributed by atoms with Gasteiger partial charge in [0, 0.05) is 5.69 Å². The molecular weight excluding hydrogens is 424 g/mol. The molecule has 30 heavy (non-hydrogen) atoms. The van der Waals surface area contributed by atoms with E-state index in [-0.39, 0.29) is 21.7 Å². The van der Waals surface area contributed by atoms with Crippen LogP contribution in [0.15, 0.2) is 47.4 Å². The molecule has 1 aliphatic heterocycles. The third kappa shape index (κ3) is 4.74. The monoisotopic (exact) mass is 444 g/mol. The van der Waals surface area contributed by atoms with Gasteiger partial charge in [-0.15, -0.1) is 0 Å². The molecule has 3 rings (SSSR count). The van der Waals surface area contributed by atoms with Crippen LogP contribution in [0.4, 0.5) is 5.69 Å². The average molecular weight is 445 g/mol. The van der Waals surface area contributed by atoms with Crippen molar-refractivity contribution >= 4 is 51.9 Å². The number of hydrogen-bond donors (Lipinski definition) is 3. The fourth-order valence-corrected chi connectivity index (χ4v) is 4.18. The Labute approximate surface area is 183 Å². The summed E-state index contributed by atoms with van der Waals surface area (Å²) in [5, 5.41) is 21.9. The first-order chi connectivity index (χ1) is 14.3. The van der Waals surface area contributed by atoms with Crippen LogP contribution in [0.2, 0.25) is 0 Å². The molecule has 0 bridgehead atoms. The molecule has 0 saturated carbocycles. The summed E-state index contributed by atoms with van der Waals surface area (Å²) in [7, 11) is 0. The lowest BCUT2D eigenvalue weighted by Crippen LogP contribution is -2.44. The van der Waals surface area contributed by atoms with Crippen LogP contribution < -0.4 is 10.1 Å². The van der Waals surface area contributed by atoms with E-state index in [0.717, 1.165) is 11.8 Å². The number of nitrogens with zero attached hydrogens (tertiary/aromatic N) is 1. The van der Waals surface area contributed by atoms with Gasteiger partial charge in [-0.05, 0) is 61.9 Å². The van der Waals surface area contributed by atoms with Crippen LogP contribution in [0.1, 0.15) is 19.4 Å². The molecule has 2 aromatic carbocycles. The molecule has 9 heteroatoms. The minimum absolute atomic E-state index is 0.0149. The number of hydrogen-bond acceptors (Lipinski definition) is 7. The number of aromatic hydroxyl groups is 2. The Morgan fingerprint density at radius 3 is 2.63 bits per heavy atom. The van der Waals surface area contributed by atoms with E-state index in [4.69, 9.17) is 17.0 Å². The second-order valence-electron chi connectivity index (χ2n) is 6.42. The Kier molecular flexibility index (Phi) is 6.63. The van der Waals surface area contributed by atoms with Crippen LogP contribution in [0.25, 0.3) is 6.08 Å². The highest BCUT2D eigenvalue weighted by molar-refractivity contribution is 8.26. The third-order valence-corrected chi connectivity index (χ3v) is 5.64. The summed E-state index contributed by atoms with van der Waals surface area (Å²) >= 11 is 6.43. The van der Waals surface area contributed by atoms with E-state index in [1.165, 1.54) is 23.1 Å². The van der Waals surface area contributed by atoms with Gasteiger partial charge in [0.05, 0.1) is 11.5 Å². The van der Waals surface area contributed by atoms with Gasteiger partial charge >= 0.3 is 0 Å². The molecule has 156 valence electrons. The van der Waals surface area contributed by atoms with Gasteiger partial charge in [-0.25, -0.2) is 0 Å². The van der Waals surface area contributed by atoms with Crippen molar-refractivity contribution in [1.29, 1.82) is 0 Å². The maximum Gasteiger partial charge on any atom is 0.266 e. The molecule has 0 spiro atoms. The van der Waals surface area contributed by atoms with Gasteiger partial charge in [-0.3, -0.25) is 14.5 Å². The van der Waals surface area contributed by atoms with Crippen molar-refractivity contribution in [2.45, 2.75) is 19.9 Å². The third-order valence-electron chi connectivity index (χ3n) is 4.31. The molecule has 3 N–H and O–H groups in total. The molecule has 1 saturated heterocycles. The Balaban J connectivity index is 1.76. The first-order valence-electron chi connectivity index (χ1n) is 9.13. The van der Waals surface area contributed by atoms with Gasteiger partial charge in [0.1, 0.15) is 16.1 Å². The Morgan fingerprint density at radius 1 is 1.27 bits per heavy atom. The number of rotatable bonds is 6. The number of anilines is 1. The standard InChI is InChI=1S/C21H20N2O5S2/c1-3-28-17-10-13(4-9-16(17)25)11-18-20(27)23(21(29)30-18)12(2)19(26)22-14-5-7-15(24)8-6-14/h4-12,24-25H,3H2,1-2H3,(H,22,26)/b18-11-. The molecule has 2 aromatic rings. The summed E-state index contributed by atoms with van der Waals surface area (Å²) in [6, 6.07) is 9.99. The van der Waals surface area contributed by atoms with E-state index < -0.39 is 11.9 Å². The zero-order valence-corrected chi connectivity index (χ0v) is 17.9. The Morgan fingerprint density at radius 2 is 1.97 bits per heavy atom. The summed E-state index contributed by atoms with van der Waals surface area (Å²) in [6.45, 7) is 3.80. The SMILES string of the molecule is CCOc1cc(/C=C2\SC(=S)N(C(C)C(=O)Nc3ccc(O)cc3)C2=O)ccc1O. The lowest BCUT2D eigenvalue weighted by Gasteiger charge is -2.22. The van der Waals surface area contributed by atoms with E-state index in [0.29, 0.717) is 28.5 Å². The molecule has 0 radical (unpaired) electrons. The molecule has 1 aliphatic rings. The molecule has 1 fully saturated rings. The van der Waals surface area contributed by atoms with E-state index in [1.807, 2.05) is 6.92 Å². The number of amides is 2. The van der Waals surface area contributed by atoms with Gasteiger partial charge in [0.25, 0.3) is 5.91 Å². The summed E-state index contributed by atoms with van der Waals surface area (Å²) in [4.78, 5) is 27.1. The first kappa shape index (κ1) is 21.7. The van der Waals surface area contributed by atoms with Crippen LogP contribution in [-0.2, 0) is 9.59 Å². The highest BCUT2D eigenvalue weighted by Crippen LogP contribution is 2.35. The first-order valence-corrected chi connectivity index (χ1v) is 10.4. The molecule has 7 nitrogen and oxygen atoms in total. The van der Waals surface area contributed by atoms with Crippen LogP contribution in [-0.4, -0.2) is 43.9 Å². The Bertz CT molecular complexity index is 1020. The minimum atomic E-state index is -0.823. The van der Waals surface area contributed by atoms with Crippen molar-refractivity contribution in [3.63, 3.8) is 0 Å². The highest BCUT2D eigenvalue weighted by Gasteiger charge is 2.38. The number of thiocarbonyl (C=S) groups is 1. The fraction of sp³-hybridized carbons (Fsp3) is 0.190. The summed E-state index contributed by atoms with van der Waals surface area (Å²) < 4.78 is 5.65. The number of carbonyl (C=O) groups is 2. The second kappa shape index (κ2) is 9.19. The zero-order valence-electron chi connectivity index (χ0n) is 16.3. The van der Waals surface area contributed by atoms with Crippen molar-refractivity contribution in [3.8, 4) is 17.2 Å². The molecule has 0 aromatic heterocycles. The Hall–Kier alpha value is -3.04. The molecule has 1 heterocycles. The van der Waals surface area contributed by atoms with Gasteiger partial charge in [0.15, 0.2) is 11.5 Å². The largest absolute Gasteiger partial charge is 0.508 e. The molecule has 1 atom stereocenters. The number of carbonyl (C=O) groups excluding carboxylic acids is 2.